The fourth-order valence-electron chi connectivity index (χ4n) is 2.88. The predicted octanol–water partition coefficient (Wildman–Crippen LogP) is 3.77. The Morgan fingerprint density at radius 2 is 1.90 bits per heavy atom. The number of carbonyl (C=O) groups is 1. The summed E-state index contributed by atoms with van der Waals surface area (Å²) in [6, 6.07) is 7.83. The SMILES string of the molecule is CCCNc1ccc(C(=O)N(C)CC2CCCC2)cc1. The van der Waals surface area contributed by atoms with Crippen LogP contribution in [0, 0.1) is 5.92 Å². The molecule has 0 aliphatic heterocycles. The number of rotatable bonds is 6. The van der Waals surface area contributed by atoms with Crippen molar-refractivity contribution in [3.63, 3.8) is 0 Å². The van der Waals surface area contributed by atoms with E-state index in [0.29, 0.717) is 5.92 Å². The summed E-state index contributed by atoms with van der Waals surface area (Å²) in [4.78, 5) is 14.2. The molecule has 1 aromatic rings. The summed E-state index contributed by atoms with van der Waals surface area (Å²) in [5, 5.41) is 3.32. The molecule has 0 radical (unpaired) electrons. The van der Waals surface area contributed by atoms with Gasteiger partial charge in [0.1, 0.15) is 0 Å². The van der Waals surface area contributed by atoms with Gasteiger partial charge in [-0.3, -0.25) is 4.79 Å². The molecule has 1 amide bonds. The number of hydrogen-bond donors (Lipinski definition) is 1. The van der Waals surface area contributed by atoms with Gasteiger partial charge in [-0.1, -0.05) is 19.8 Å². The zero-order chi connectivity index (χ0) is 14.4. The van der Waals surface area contributed by atoms with Gasteiger partial charge in [0.05, 0.1) is 0 Å². The topological polar surface area (TPSA) is 32.3 Å². The van der Waals surface area contributed by atoms with Crippen molar-refractivity contribution >= 4 is 11.6 Å². The van der Waals surface area contributed by atoms with Crippen LogP contribution in [-0.4, -0.2) is 30.9 Å². The first-order chi connectivity index (χ1) is 9.70. The third-order valence-electron chi connectivity index (χ3n) is 4.06. The van der Waals surface area contributed by atoms with Crippen LogP contribution in [-0.2, 0) is 0 Å². The molecule has 20 heavy (non-hydrogen) atoms. The quantitative estimate of drug-likeness (QED) is 0.856. The van der Waals surface area contributed by atoms with Gasteiger partial charge in [-0.25, -0.2) is 0 Å². The third kappa shape index (κ3) is 3.99. The van der Waals surface area contributed by atoms with Gasteiger partial charge in [0.2, 0.25) is 0 Å². The fraction of sp³-hybridized carbons (Fsp3) is 0.588. The van der Waals surface area contributed by atoms with Crippen molar-refractivity contribution in [2.45, 2.75) is 39.0 Å². The second kappa shape index (κ2) is 7.32. The van der Waals surface area contributed by atoms with Gasteiger partial charge in [0.25, 0.3) is 5.91 Å². The van der Waals surface area contributed by atoms with E-state index >= 15 is 0 Å². The molecule has 1 aromatic carbocycles. The Morgan fingerprint density at radius 3 is 2.50 bits per heavy atom. The van der Waals surface area contributed by atoms with Crippen molar-refractivity contribution in [2.75, 3.05) is 25.5 Å². The molecule has 3 nitrogen and oxygen atoms in total. The van der Waals surface area contributed by atoms with E-state index < -0.39 is 0 Å². The molecule has 1 N–H and O–H groups in total. The van der Waals surface area contributed by atoms with E-state index in [1.807, 2.05) is 36.2 Å². The van der Waals surface area contributed by atoms with Crippen molar-refractivity contribution in [3.05, 3.63) is 29.8 Å². The van der Waals surface area contributed by atoms with Crippen LogP contribution in [0.15, 0.2) is 24.3 Å². The summed E-state index contributed by atoms with van der Waals surface area (Å²) < 4.78 is 0. The van der Waals surface area contributed by atoms with Gasteiger partial charge in [0, 0.05) is 31.4 Å². The van der Waals surface area contributed by atoms with Crippen molar-refractivity contribution in [1.29, 1.82) is 0 Å². The second-order valence-electron chi connectivity index (χ2n) is 5.84. The van der Waals surface area contributed by atoms with Gasteiger partial charge in [-0.05, 0) is 49.4 Å². The zero-order valence-electron chi connectivity index (χ0n) is 12.7. The molecule has 2 rings (SSSR count). The largest absolute Gasteiger partial charge is 0.385 e. The number of hydrogen-bond acceptors (Lipinski definition) is 2. The molecule has 0 atom stereocenters. The van der Waals surface area contributed by atoms with Gasteiger partial charge >= 0.3 is 0 Å². The standard InChI is InChI=1S/C17H26N2O/c1-3-12-18-16-10-8-15(9-11-16)17(20)19(2)13-14-6-4-5-7-14/h8-11,14,18H,3-7,12-13H2,1-2H3. The van der Waals surface area contributed by atoms with Crippen LogP contribution >= 0.6 is 0 Å². The summed E-state index contributed by atoms with van der Waals surface area (Å²) in [5.41, 5.74) is 1.87. The molecule has 0 spiro atoms. The third-order valence-corrected chi connectivity index (χ3v) is 4.06. The minimum Gasteiger partial charge on any atom is -0.385 e. The molecule has 1 saturated carbocycles. The maximum absolute atomic E-state index is 12.4. The minimum absolute atomic E-state index is 0.138. The molecule has 0 heterocycles. The highest BCUT2D eigenvalue weighted by Crippen LogP contribution is 2.25. The van der Waals surface area contributed by atoms with E-state index in [2.05, 4.69) is 12.2 Å². The van der Waals surface area contributed by atoms with Crippen LogP contribution in [0.3, 0.4) is 0 Å². The smallest absolute Gasteiger partial charge is 0.253 e. The van der Waals surface area contributed by atoms with E-state index in [1.54, 1.807) is 0 Å². The number of carbonyl (C=O) groups excluding carboxylic acids is 1. The lowest BCUT2D eigenvalue weighted by atomic mass is 10.1. The maximum atomic E-state index is 12.4. The monoisotopic (exact) mass is 274 g/mol. The molecule has 110 valence electrons. The average Bonchev–Trinajstić information content (AvgIpc) is 2.97. The van der Waals surface area contributed by atoms with Crippen LogP contribution in [0.2, 0.25) is 0 Å². The van der Waals surface area contributed by atoms with Gasteiger partial charge in [-0.2, -0.15) is 0 Å². The highest BCUT2D eigenvalue weighted by atomic mass is 16.2. The Morgan fingerprint density at radius 1 is 1.25 bits per heavy atom. The van der Waals surface area contributed by atoms with Crippen LogP contribution < -0.4 is 5.32 Å². The van der Waals surface area contributed by atoms with E-state index in [4.69, 9.17) is 0 Å². The normalized spacial score (nSPS) is 15.3. The molecular weight excluding hydrogens is 248 g/mol. The molecule has 1 aliphatic rings. The molecule has 0 bridgehead atoms. The summed E-state index contributed by atoms with van der Waals surface area (Å²) in [6.07, 6.45) is 6.30. The molecule has 1 fully saturated rings. The minimum atomic E-state index is 0.138. The van der Waals surface area contributed by atoms with Crippen molar-refractivity contribution in [1.82, 2.24) is 4.90 Å². The highest BCUT2D eigenvalue weighted by molar-refractivity contribution is 5.94. The Labute approximate surface area is 122 Å². The number of nitrogens with zero attached hydrogens (tertiary/aromatic N) is 1. The Hall–Kier alpha value is -1.51. The lowest BCUT2D eigenvalue weighted by Gasteiger charge is -2.21. The Bertz CT molecular complexity index is 421. The second-order valence-corrected chi connectivity index (χ2v) is 5.84. The summed E-state index contributed by atoms with van der Waals surface area (Å²) >= 11 is 0. The van der Waals surface area contributed by atoms with Crippen LogP contribution in [0.1, 0.15) is 49.4 Å². The first-order valence-electron chi connectivity index (χ1n) is 7.80. The summed E-state index contributed by atoms with van der Waals surface area (Å²) in [6.45, 7) is 4.01. The van der Waals surface area contributed by atoms with Gasteiger partial charge in [0.15, 0.2) is 0 Å². The Balaban J connectivity index is 1.90. The van der Waals surface area contributed by atoms with E-state index in [9.17, 15) is 4.79 Å². The lowest BCUT2D eigenvalue weighted by molar-refractivity contribution is 0.0773. The molecular formula is C17H26N2O. The van der Waals surface area contributed by atoms with Crippen LogP contribution in [0.5, 0.6) is 0 Å². The number of anilines is 1. The maximum Gasteiger partial charge on any atom is 0.253 e. The van der Waals surface area contributed by atoms with Crippen molar-refractivity contribution < 1.29 is 4.79 Å². The number of amides is 1. The lowest BCUT2D eigenvalue weighted by Crippen LogP contribution is -2.31. The Kier molecular flexibility index (Phi) is 5.45. The van der Waals surface area contributed by atoms with E-state index in [-0.39, 0.29) is 5.91 Å². The summed E-state index contributed by atoms with van der Waals surface area (Å²) in [5.74, 6) is 0.841. The molecule has 0 saturated heterocycles. The van der Waals surface area contributed by atoms with Crippen LogP contribution in [0.25, 0.3) is 0 Å². The number of benzene rings is 1. The molecule has 0 aromatic heterocycles. The van der Waals surface area contributed by atoms with Crippen molar-refractivity contribution in [3.8, 4) is 0 Å². The highest BCUT2D eigenvalue weighted by Gasteiger charge is 2.20. The van der Waals surface area contributed by atoms with E-state index in [0.717, 1.165) is 30.8 Å². The van der Waals surface area contributed by atoms with Gasteiger partial charge in [-0.15, -0.1) is 0 Å². The molecule has 1 aliphatic carbocycles. The molecule has 0 unspecified atom stereocenters. The van der Waals surface area contributed by atoms with Crippen molar-refractivity contribution in [2.24, 2.45) is 5.92 Å². The predicted molar refractivity (Wildman–Crippen MR) is 84.1 cm³/mol. The van der Waals surface area contributed by atoms with Gasteiger partial charge < -0.3 is 10.2 Å². The number of nitrogens with one attached hydrogen (secondary N) is 1. The summed E-state index contributed by atoms with van der Waals surface area (Å²) in [7, 11) is 1.92. The first kappa shape index (κ1) is 14.9. The molecule has 3 heteroatoms. The zero-order valence-corrected chi connectivity index (χ0v) is 12.7. The van der Waals surface area contributed by atoms with E-state index in [1.165, 1.54) is 25.7 Å². The average molecular weight is 274 g/mol. The first-order valence-corrected chi connectivity index (χ1v) is 7.80. The fourth-order valence-corrected chi connectivity index (χ4v) is 2.88. The van der Waals surface area contributed by atoms with Crippen LogP contribution in [0.4, 0.5) is 5.69 Å².